The number of carbonyl (C=O) groups excluding carboxylic acids is 4. The minimum absolute atomic E-state index is 0.0466. The number of halogens is 1. The van der Waals surface area contributed by atoms with Gasteiger partial charge in [-0.1, -0.05) is 49.2 Å². The van der Waals surface area contributed by atoms with Crippen molar-refractivity contribution in [2.45, 2.75) is 102 Å². The average Bonchev–Trinajstić information content (AvgIpc) is 3.80. The smallest absolute Gasteiger partial charge is 0.409 e. The number of amides is 3. The number of methoxy groups -OCH3 is 2. The van der Waals surface area contributed by atoms with Crippen LogP contribution in [0.25, 0.3) is 0 Å². The molecule has 0 aliphatic carbocycles. The Morgan fingerprint density at radius 3 is 2.62 bits per heavy atom. The van der Waals surface area contributed by atoms with Crippen molar-refractivity contribution in [3.05, 3.63) is 46.5 Å². The van der Waals surface area contributed by atoms with Gasteiger partial charge in [0.2, 0.25) is 11.8 Å². The summed E-state index contributed by atoms with van der Waals surface area (Å²) in [6.45, 7) is 7.66. The van der Waals surface area contributed by atoms with Crippen molar-refractivity contribution in [2.24, 2.45) is 5.92 Å². The monoisotopic (exact) mass is 748 g/mol. The third kappa shape index (κ3) is 8.91. The maximum absolute atomic E-state index is 14.1. The number of ether oxygens (including phenoxy) is 5. The van der Waals surface area contributed by atoms with Gasteiger partial charge in [-0.15, -0.1) is 0 Å². The number of likely N-dealkylation sites (N-methyl/N-ethyl adjacent to an activating group) is 1. The van der Waals surface area contributed by atoms with E-state index in [2.05, 4.69) is 10.6 Å². The lowest BCUT2D eigenvalue weighted by Gasteiger charge is -2.42. The number of benzene rings is 1. The van der Waals surface area contributed by atoms with Gasteiger partial charge in [0.15, 0.2) is 5.72 Å². The summed E-state index contributed by atoms with van der Waals surface area (Å²) in [7, 11) is 7.79. The van der Waals surface area contributed by atoms with Crippen molar-refractivity contribution in [1.82, 2.24) is 15.5 Å². The predicted octanol–water partition coefficient (Wildman–Crippen LogP) is 3.51. The van der Waals surface area contributed by atoms with Crippen LogP contribution in [0.3, 0.4) is 0 Å². The second-order valence-electron chi connectivity index (χ2n) is 14.0. The quantitative estimate of drug-likeness (QED) is 0.250. The molecule has 0 radical (unpaired) electrons. The number of rotatable bonds is 9. The van der Waals surface area contributed by atoms with Crippen LogP contribution in [0.15, 0.2) is 35.9 Å². The van der Waals surface area contributed by atoms with Crippen LogP contribution in [0.5, 0.6) is 5.75 Å². The number of alkyl carbamates (subject to hydrolysis) is 1. The van der Waals surface area contributed by atoms with E-state index in [0.29, 0.717) is 24.4 Å². The molecule has 0 unspecified atom stereocenters. The molecule has 8 atom stereocenters. The number of fused-ring (bicyclic) bond motifs is 5. The molecule has 0 saturated carbocycles. The number of allylic oxidation sites excluding steroid dienone is 3. The molecule has 1 aromatic rings. The zero-order valence-electron chi connectivity index (χ0n) is 31.5. The fourth-order valence-electron chi connectivity index (χ4n) is 7.00. The maximum Gasteiger partial charge on any atom is 0.409 e. The number of aliphatic hydroxyl groups is 1. The van der Waals surface area contributed by atoms with Crippen LogP contribution in [-0.4, -0.2) is 118 Å². The summed E-state index contributed by atoms with van der Waals surface area (Å²) in [6, 6.07) is 2.67. The number of nitrogens with zero attached hydrogens (tertiary/aromatic N) is 2. The Kier molecular flexibility index (Phi) is 13.4. The van der Waals surface area contributed by atoms with Crippen LogP contribution < -0.4 is 20.3 Å². The van der Waals surface area contributed by atoms with Gasteiger partial charge in [-0.3, -0.25) is 14.9 Å². The van der Waals surface area contributed by atoms with Gasteiger partial charge < -0.3 is 43.9 Å². The molecule has 3 aliphatic heterocycles. The van der Waals surface area contributed by atoms with Gasteiger partial charge in [-0.25, -0.2) is 9.59 Å². The lowest BCUT2D eigenvalue weighted by Crippen LogP contribution is -2.63. The number of epoxide rings is 1. The molecule has 3 aliphatic rings. The zero-order valence-corrected chi connectivity index (χ0v) is 32.2. The number of anilines is 1. The van der Waals surface area contributed by atoms with E-state index < -0.39 is 65.7 Å². The lowest BCUT2D eigenvalue weighted by atomic mass is 9.83. The van der Waals surface area contributed by atoms with Gasteiger partial charge in [0, 0.05) is 46.5 Å². The summed E-state index contributed by atoms with van der Waals surface area (Å²) in [4.78, 5) is 56.5. The van der Waals surface area contributed by atoms with Gasteiger partial charge in [0.1, 0.15) is 40.7 Å². The van der Waals surface area contributed by atoms with Gasteiger partial charge in [-0.2, -0.15) is 0 Å². The van der Waals surface area contributed by atoms with E-state index in [0.717, 1.165) is 11.1 Å². The van der Waals surface area contributed by atoms with Crippen molar-refractivity contribution in [3.8, 4) is 5.75 Å². The number of nitrogens with one attached hydrogen (secondary N) is 2. The average molecular weight is 749 g/mol. The summed E-state index contributed by atoms with van der Waals surface area (Å²) >= 11 is 6.76. The van der Waals surface area contributed by atoms with Crippen molar-refractivity contribution in [2.75, 3.05) is 46.8 Å². The molecule has 4 rings (SSSR count). The standard InChI is InChI=1S/C37H53ClN4O10/c1-10-24(41(6)30(43)14-15-39-5)34(45)51-29-19-31(44)42(7)25-17-23(18-26(48-8)32(25)38)16-21(2)12-11-13-28(49-9)37(47)20-27(50-35(46)40-37)22(3)33-36(29,4)52-33/h11-13,17-18,22,24,27-29,33,39,47H,10,14-16,19-20H2,1-9H3,(H,40,46)/b13-11+,21-12+/t22-,24+,27+,28-,29+,33+,36+,37+/m1/s1. The summed E-state index contributed by atoms with van der Waals surface area (Å²) in [5.74, 6) is -1.50. The highest BCUT2D eigenvalue weighted by atomic mass is 35.5. The number of hydrogen-bond acceptors (Lipinski definition) is 11. The van der Waals surface area contributed by atoms with Crippen LogP contribution in [0, 0.1) is 5.92 Å². The highest BCUT2D eigenvalue weighted by molar-refractivity contribution is 6.35. The molecule has 2 saturated heterocycles. The molecular weight excluding hydrogens is 696 g/mol. The van der Waals surface area contributed by atoms with Gasteiger partial charge in [0.25, 0.3) is 0 Å². The van der Waals surface area contributed by atoms with Crippen LogP contribution in [0.4, 0.5) is 10.5 Å². The number of hydrogen-bond donors (Lipinski definition) is 3. The molecule has 4 bridgehead atoms. The number of esters is 1. The van der Waals surface area contributed by atoms with Crippen molar-refractivity contribution < 1.29 is 48.0 Å². The first-order valence-corrected chi connectivity index (χ1v) is 17.9. The van der Waals surface area contributed by atoms with Crippen LogP contribution in [-0.2, 0) is 39.8 Å². The maximum atomic E-state index is 14.1. The molecule has 0 aromatic heterocycles. The Balaban J connectivity index is 1.78. The van der Waals surface area contributed by atoms with Crippen molar-refractivity contribution in [1.29, 1.82) is 0 Å². The van der Waals surface area contributed by atoms with Gasteiger partial charge in [-0.05, 0) is 51.4 Å². The highest BCUT2D eigenvalue weighted by Gasteiger charge is 2.64. The number of carbonyl (C=O) groups is 4. The summed E-state index contributed by atoms with van der Waals surface area (Å²) in [5.41, 5.74) is -0.892. The van der Waals surface area contributed by atoms with E-state index in [4.69, 9.17) is 35.3 Å². The third-order valence-corrected chi connectivity index (χ3v) is 10.7. The third-order valence-electron chi connectivity index (χ3n) is 10.3. The van der Waals surface area contributed by atoms with Gasteiger partial charge in [0.05, 0.1) is 25.3 Å². The molecule has 3 heterocycles. The molecule has 3 amide bonds. The van der Waals surface area contributed by atoms with Crippen LogP contribution in [0.1, 0.15) is 58.9 Å². The predicted molar refractivity (Wildman–Crippen MR) is 194 cm³/mol. The van der Waals surface area contributed by atoms with Crippen LogP contribution >= 0.6 is 11.6 Å². The fourth-order valence-corrected chi connectivity index (χ4v) is 7.32. The normalized spacial score (nSPS) is 31.6. The Morgan fingerprint density at radius 1 is 1.27 bits per heavy atom. The topological polar surface area (TPSA) is 169 Å². The van der Waals surface area contributed by atoms with E-state index in [1.807, 2.05) is 13.0 Å². The highest BCUT2D eigenvalue weighted by Crippen LogP contribution is 2.49. The molecule has 288 valence electrons. The van der Waals surface area contributed by atoms with E-state index in [-0.39, 0.29) is 36.6 Å². The second kappa shape index (κ2) is 17.0. The Hall–Kier alpha value is -3.69. The molecule has 0 spiro atoms. The molecule has 14 nitrogen and oxygen atoms in total. The molecule has 1 aromatic carbocycles. The summed E-state index contributed by atoms with van der Waals surface area (Å²) in [5, 5.41) is 17.4. The van der Waals surface area contributed by atoms with E-state index in [1.165, 1.54) is 24.0 Å². The first-order chi connectivity index (χ1) is 24.5. The Bertz CT molecular complexity index is 1570. The minimum Gasteiger partial charge on any atom is -0.495 e. The molecule has 15 heteroatoms. The SMILES string of the molecule is CC[C@@H](C(=O)O[C@H]1CC(=O)N(C)c2cc(cc(OC)c2Cl)C/C(C)=C/C=C/[C@@H](OC)[C@@]2(O)C[C@H](OC(=O)N2)[C@@H](C)[C@@H]2O[C@@]12C)N(C)C(=O)CCNC. The first-order valence-electron chi connectivity index (χ1n) is 17.5. The molecule has 52 heavy (non-hydrogen) atoms. The second-order valence-corrected chi connectivity index (χ2v) is 14.4. The van der Waals surface area contributed by atoms with E-state index in [9.17, 15) is 24.3 Å². The lowest BCUT2D eigenvalue weighted by molar-refractivity contribution is -0.162. The van der Waals surface area contributed by atoms with E-state index in [1.54, 1.807) is 66.2 Å². The van der Waals surface area contributed by atoms with Crippen molar-refractivity contribution in [3.63, 3.8) is 0 Å². The molecular formula is C37H53ClN4O10. The molecule has 2 fully saturated rings. The van der Waals surface area contributed by atoms with E-state index >= 15 is 0 Å². The Labute approximate surface area is 310 Å². The first kappa shape index (κ1) is 41.1. The van der Waals surface area contributed by atoms with Crippen molar-refractivity contribution >= 4 is 41.2 Å². The summed E-state index contributed by atoms with van der Waals surface area (Å²) < 4.78 is 29.3. The largest absolute Gasteiger partial charge is 0.495 e. The zero-order chi connectivity index (χ0) is 38.5. The fraction of sp³-hybridized carbons (Fsp3) is 0.622. The summed E-state index contributed by atoms with van der Waals surface area (Å²) in [6.07, 6.45) is 1.44. The Morgan fingerprint density at radius 2 is 1.98 bits per heavy atom. The van der Waals surface area contributed by atoms with Gasteiger partial charge >= 0.3 is 12.1 Å². The molecule has 3 N–H and O–H groups in total. The minimum atomic E-state index is -1.82. The van der Waals surface area contributed by atoms with Crippen LogP contribution in [0.2, 0.25) is 5.02 Å².